The fraction of sp³-hybridized carbons (Fsp3) is 0.615. The molecule has 0 saturated carbocycles. The fourth-order valence-corrected chi connectivity index (χ4v) is 2.27. The number of likely N-dealkylation sites (tertiary alicyclic amines) is 1. The minimum Gasteiger partial charge on any atom is -0.297 e. The van der Waals surface area contributed by atoms with E-state index in [2.05, 4.69) is 35.9 Å². The minimum absolute atomic E-state index is 0.818. The molecular weight excluding hydrogens is 184 g/mol. The van der Waals surface area contributed by atoms with Crippen LogP contribution in [0.25, 0.3) is 0 Å². The Hall–Kier alpha value is -0.890. The van der Waals surface area contributed by atoms with Gasteiger partial charge in [-0.05, 0) is 36.9 Å². The zero-order valence-electron chi connectivity index (χ0n) is 9.69. The standard InChI is InChI=1S/C13H20N2/c1-11(2)12-6-8-15(9-12)10-13-5-3-4-7-14-13/h3-5,7,11-12H,6,8-10H2,1-2H3. The lowest BCUT2D eigenvalue weighted by Gasteiger charge is -2.17. The maximum atomic E-state index is 4.37. The van der Waals surface area contributed by atoms with Crippen molar-refractivity contribution >= 4 is 0 Å². The van der Waals surface area contributed by atoms with Crippen LogP contribution in [0.2, 0.25) is 0 Å². The molecule has 2 rings (SSSR count). The van der Waals surface area contributed by atoms with E-state index in [0.717, 1.165) is 18.4 Å². The van der Waals surface area contributed by atoms with Crippen LogP contribution in [0.5, 0.6) is 0 Å². The topological polar surface area (TPSA) is 16.1 Å². The first-order chi connectivity index (χ1) is 7.25. The molecule has 0 aromatic carbocycles. The van der Waals surface area contributed by atoms with Crippen molar-refractivity contribution in [1.29, 1.82) is 0 Å². The molecule has 1 fully saturated rings. The first-order valence-corrected chi connectivity index (χ1v) is 5.88. The third-order valence-electron chi connectivity index (χ3n) is 3.36. The van der Waals surface area contributed by atoms with Crippen LogP contribution in [-0.4, -0.2) is 23.0 Å². The Morgan fingerprint density at radius 1 is 1.47 bits per heavy atom. The van der Waals surface area contributed by atoms with Gasteiger partial charge in [0, 0.05) is 19.3 Å². The molecule has 0 amide bonds. The number of pyridine rings is 1. The first kappa shape index (κ1) is 10.6. The van der Waals surface area contributed by atoms with Gasteiger partial charge in [-0.3, -0.25) is 9.88 Å². The largest absolute Gasteiger partial charge is 0.297 e. The summed E-state index contributed by atoms with van der Waals surface area (Å²) in [6.45, 7) is 8.15. The lowest BCUT2D eigenvalue weighted by atomic mass is 9.95. The van der Waals surface area contributed by atoms with E-state index in [9.17, 15) is 0 Å². The quantitative estimate of drug-likeness (QED) is 0.752. The highest BCUT2D eigenvalue weighted by atomic mass is 15.1. The highest BCUT2D eigenvalue weighted by Crippen LogP contribution is 2.24. The van der Waals surface area contributed by atoms with E-state index in [0.29, 0.717) is 0 Å². The summed E-state index contributed by atoms with van der Waals surface area (Å²) in [5.74, 6) is 1.70. The van der Waals surface area contributed by atoms with Crippen molar-refractivity contribution < 1.29 is 0 Å². The summed E-state index contributed by atoms with van der Waals surface area (Å²) >= 11 is 0. The third-order valence-corrected chi connectivity index (χ3v) is 3.36. The molecule has 82 valence electrons. The van der Waals surface area contributed by atoms with Gasteiger partial charge in [0.05, 0.1) is 5.69 Å². The third kappa shape index (κ3) is 2.78. The number of rotatable bonds is 3. The molecule has 2 heterocycles. The van der Waals surface area contributed by atoms with Crippen LogP contribution >= 0.6 is 0 Å². The minimum atomic E-state index is 0.818. The van der Waals surface area contributed by atoms with Crippen LogP contribution in [0, 0.1) is 11.8 Å². The average Bonchev–Trinajstić information content (AvgIpc) is 2.68. The van der Waals surface area contributed by atoms with E-state index in [1.54, 1.807) is 0 Å². The van der Waals surface area contributed by atoms with Crippen molar-refractivity contribution in [2.24, 2.45) is 11.8 Å². The van der Waals surface area contributed by atoms with Gasteiger partial charge < -0.3 is 0 Å². The monoisotopic (exact) mass is 204 g/mol. The van der Waals surface area contributed by atoms with Gasteiger partial charge in [-0.1, -0.05) is 19.9 Å². The second-order valence-corrected chi connectivity index (χ2v) is 4.85. The number of hydrogen-bond donors (Lipinski definition) is 0. The molecule has 1 aliphatic rings. The van der Waals surface area contributed by atoms with Crippen LogP contribution in [-0.2, 0) is 6.54 Å². The van der Waals surface area contributed by atoms with E-state index in [4.69, 9.17) is 0 Å². The van der Waals surface area contributed by atoms with Gasteiger partial charge in [0.2, 0.25) is 0 Å². The zero-order valence-corrected chi connectivity index (χ0v) is 9.69. The molecule has 1 aliphatic heterocycles. The molecule has 0 aliphatic carbocycles. The van der Waals surface area contributed by atoms with Gasteiger partial charge in [0.25, 0.3) is 0 Å². The van der Waals surface area contributed by atoms with E-state index < -0.39 is 0 Å². The van der Waals surface area contributed by atoms with Gasteiger partial charge in [-0.25, -0.2) is 0 Å². The van der Waals surface area contributed by atoms with E-state index >= 15 is 0 Å². The van der Waals surface area contributed by atoms with Gasteiger partial charge in [0.15, 0.2) is 0 Å². The van der Waals surface area contributed by atoms with Gasteiger partial charge in [-0.15, -0.1) is 0 Å². The molecule has 2 heteroatoms. The second kappa shape index (κ2) is 4.75. The van der Waals surface area contributed by atoms with E-state index in [1.165, 1.54) is 25.2 Å². The molecular formula is C13H20N2. The predicted molar refractivity (Wildman–Crippen MR) is 62.5 cm³/mol. The van der Waals surface area contributed by atoms with Crippen molar-refractivity contribution in [2.75, 3.05) is 13.1 Å². The summed E-state index contributed by atoms with van der Waals surface area (Å²) < 4.78 is 0. The fourth-order valence-electron chi connectivity index (χ4n) is 2.27. The summed E-state index contributed by atoms with van der Waals surface area (Å²) in [6.07, 6.45) is 3.23. The Morgan fingerprint density at radius 3 is 2.93 bits per heavy atom. The number of nitrogens with zero attached hydrogens (tertiary/aromatic N) is 2. The van der Waals surface area contributed by atoms with Crippen LogP contribution in [0.1, 0.15) is 26.0 Å². The smallest absolute Gasteiger partial charge is 0.0543 e. The molecule has 0 radical (unpaired) electrons. The molecule has 1 unspecified atom stereocenters. The van der Waals surface area contributed by atoms with Crippen molar-refractivity contribution in [3.63, 3.8) is 0 Å². The first-order valence-electron chi connectivity index (χ1n) is 5.88. The lowest BCUT2D eigenvalue weighted by molar-refractivity contribution is 0.294. The van der Waals surface area contributed by atoms with Crippen molar-refractivity contribution in [2.45, 2.75) is 26.8 Å². The normalized spacial score (nSPS) is 22.5. The second-order valence-electron chi connectivity index (χ2n) is 4.85. The number of hydrogen-bond acceptors (Lipinski definition) is 2. The summed E-state index contributed by atoms with van der Waals surface area (Å²) in [5.41, 5.74) is 1.20. The Kier molecular flexibility index (Phi) is 3.37. The van der Waals surface area contributed by atoms with Crippen molar-refractivity contribution in [1.82, 2.24) is 9.88 Å². The zero-order chi connectivity index (χ0) is 10.7. The Balaban J connectivity index is 1.88. The highest BCUT2D eigenvalue weighted by Gasteiger charge is 2.24. The van der Waals surface area contributed by atoms with E-state index in [1.807, 2.05) is 12.3 Å². The summed E-state index contributed by atoms with van der Waals surface area (Å²) in [7, 11) is 0. The average molecular weight is 204 g/mol. The molecule has 0 N–H and O–H groups in total. The molecule has 0 bridgehead atoms. The van der Waals surface area contributed by atoms with Crippen LogP contribution < -0.4 is 0 Å². The van der Waals surface area contributed by atoms with Crippen LogP contribution in [0.4, 0.5) is 0 Å². The van der Waals surface area contributed by atoms with Gasteiger partial charge >= 0.3 is 0 Å². The maximum Gasteiger partial charge on any atom is 0.0543 e. The summed E-state index contributed by atoms with van der Waals surface area (Å²) in [4.78, 5) is 6.89. The van der Waals surface area contributed by atoms with Gasteiger partial charge in [0.1, 0.15) is 0 Å². The molecule has 1 saturated heterocycles. The molecule has 15 heavy (non-hydrogen) atoms. The Labute approximate surface area is 92.3 Å². The maximum absolute atomic E-state index is 4.37. The SMILES string of the molecule is CC(C)C1CCN(Cc2ccccn2)C1. The molecule has 1 aromatic rings. The Morgan fingerprint density at radius 2 is 2.33 bits per heavy atom. The van der Waals surface area contributed by atoms with Gasteiger partial charge in [-0.2, -0.15) is 0 Å². The molecule has 2 nitrogen and oxygen atoms in total. The van der Waals surface area contributed by atoms with Crippen LogP contribution in [0.15, 0.2) is 24.4 Å². The Bertz CT molecular complexity index is 295. The summed E-state index contributed by atoms with van der Waals surface area (Å²) in [6, 6.07) is 6.16. The molecule has 1 aromatic heterocycles. The highest BCUT2D eigenvalue weighted by molar-refractivity contribution is 5.03. The lowest BCUT2D eigenvalue weighted by Crippen LogP contribution is -2.21. The van der Waals surface area contributed by atoms with Crippen LogP contribution in [0.3, 0.4) is 0 Å². The molecule has 1 atom stereocenters. The summed E-state index contributed by atoms with van der Waals surface area (Å²) in [5, 5.41) is 0. The van der Waals surface area contributed by atoms with Crippen molar-refractivity contribution in [3.8, 4) is 0 Å². The van der Waals surface area contributed by atoms with Crippen molar-refractivity contribution in [3.05, 3.63) is 30.1 Å². The predicted octanol–water partition coefficient (Wildman–Crippen LogP) is 2.56. The number of aromatic nitrogens is 1. The van der Waals surface area contributed by atoms with E-state index in [-0.39, 0.29) is 0 Å². The molecule has 0 spiro atoms.